The molecule has 0 unspecified atom stereocenters. The average Bonchev–Trinajstić information content (AvgIpc) is 3.06. The Balaban J connectivity index is 2.14. The lowest BCUT2D eigenvalue weighted by atomic mass is 9.96. The largest absolute Gasteiger partial charge is 0.493 e. The minimum Gasteiger partial charge on any atom is -0.493 e. The van der Waals surface area contributed by atoms with Crippen molar-refractivity contribution in [3.05, 3.63) is 29.8 Å². The summed E-state index contributed by atoms with van der Waals surface area (Å²) in [5.41, 5.74) is 1.13. The third-order valence-electron chi connectivity index (χ3n) is 4.52. The third-order valence-corrected chi connectivity index (χ3v) is 4.52. The molecule has 0 saturated carbocycles. The minimum absolute atomic E-state index is 0.259. The molecule has 1 aliphatic rings. The molecule has 0 bridgehead atoms. The quantitative estimate of drug-likeness (QED) is 0.679. The summed E-state index contributed by atoms with van der Waals surface area (Å²) in [7, 11) is 4.87. The molecule has 0 N–H and O–H groups in total. The van der Waals surface area contributed by atoms with E-state index >= 15 is 0 Å². The van der Waals surface area contributed by atoms with Crippen molar-refractivity contribution in [2.75, 3.05) is 28.1 Å². The number of rotatable bonds is 3. The van der Waals surface area contributed by atoms with Gasteiger partial charge in [0.25, 0.3) is 0 Å². The Bertz CT molecular complexity index is 962. The van der Waals surface area contributed by atoms with Crippen molar-refractivity contribution >= 4 is 21.5 Å². The van der Waals surface area contributed by atoms with Gasteiger partial charge >= 0.3 is 0 Å². The summed E-state index contributed by atoms with van der Waals surface area (Å²) in [5, 5.41) is 4.20. The number of fused-ring (bicyclic) bond motifs is 3. The van der Waals surface area contributed by atoms with Crippen LogP contribution < -0.4 is 23.7 Å². The van der Waals surface area contributed by atoms with Crippen LogP contribution in [0.2, 0.25) is 0 Å². The first-order chi connectivity index (χ1) is 11.7. The summed E-state index contributed by atoms with van der Waals surface area (Å²) >= 11 is 0. The first-order valence-electron chi connectivity index (χ1n) is 7.63. The first kappa shape index (κ1) is 14.8. The van der Waals surface area contributed by atoms with Gasteiger partial charge in [-0.15, -0.1) is 0 Å². The lowest BCUT2D eigenvalue weighted by Gasteiger charge is -2.17. The monoisotopic (exact) mass is 326 g/mol. The Morgan fingerprint density at radius 3 is 2.12 bits per heavy atom. The van der Waals surface area contributed by atoms with Crippen LogP contribution in [0.25, 0.3) is 21.5 Å². The number of benzene rings is 3. The second kappa shape index (κ2) is 5.37. The fourth-order valence-electron chi connectivity index (χ4n) is 3.33. The van der Waals surface area contributed by atoms with E-state index in [1.165, 1.54) is 0 Å². The molecule has 3 aromatic rings. The van der Waals surface area contributed by atoms with E-state index in [2.05, 4.69) is 13.0 Å². The fraction of sp³-hybridized carbons (Fsp3) is 0.263. The lowest BCUT2D eigenvalue weighted by molar-refractivity contribution is 0.174. The van der Waals surface area contributed by atoms with E-state index in [0.717, 1.165) is 38.6 Å². The number of aryl methyl sites for hydroxylation is 1. The fourth-order valence-corrected chi connectivity index (χ4v) is 3.33. The van der Waals surface area contributed by atoms with Crippen LogP contribution in [0.15, 0.2) is 24.3 Å². The molecule has 0 aliphatic carbocycles. The van der Waals surface area contributed by atoms with Crippen LogP contribution in [0.3, 0.4) is 0 Å². The Hall–Kier alpha value is -2.82. The van der Waals surface area contributed by atoms with E-state index in [1.807, 2.05) is 18.2 Å². The van der Waals surface area contributed by atoms with Crippen molar-refractivity contribution < 1.29 is 23.7 Å². The van der Waals surface area contributed by atoms with Crippen LogP contribution in [-0.2, 0) is 0 Å². The zero-order chi connectivity index (χ0) is 16.8. The summed E-state index contributed by atoms with van der Waals surface area (Å²) in [5.74, 6) is 3.43. The van der Waals surface area contributed by atoms with E-state index in [4.69, 9.17) is 23.7 Å². The van der Waals surface area contributed by atoms with Crippen molar-refractivity contribution in [2.45, 2.75) is 6.92 Å². The molecule has 1 aliphatic heterocycles. The molecule has 0 atom stereocenters. The van der Waals surface area contributed by atoms with Gasteiger partial charge in [0.15, 0.2) is 23.0 Å². The maximum Gasteiger partial charge on any atom is 0.231 e. The Morgan fingerprint density at radius 1 is 0.750 bits per heavy atom. The van der Waals surface area contributed by atoms with E-state index < -0.39 is 0 Å². The van der Waals surface area contributed by atoms with Crippen molar-refractivity contribution in [1.82, 2.24) is 0 Å². The molecule has 5 nitrogen and oxygen atoms in total. The molecule has 0 spiro atoms. The van der Waals surface area contributed by atoms with E-state index in [-0.39, 0.29) is 6.79 Å². The summed E-state index contributed by atoms with van der Waals surface area (Å²) < 4.78 is 27.6. The second-order valence-electron chi connectivity index (χ2n) is 5.67. The molecule has 0 fully saturated rings. The molecule has 4 rings (SSSR count). The maximum atomic E-state index is 5.63. The molecule has 24 heavy (non-hydrogen) atoms. The number of methoxy groups -OCH3 is 3. The standard InChI is InChI=1S/C19H18O5/c1-10-12-7-16-15(23-9-24-16)6-11(12)5-14-13(10)8-17(20-2)19(22-4)18(14)21-3/h5-8H,9H2,1-4H3. The summed E-state index contributed by atoms with van der Waals surface area (Å²) in [6.07, 6.45) is 0. The predicted molar refractivity (Wildman–Crippen MR) is 92.0 cm³/mol. The van der Waals surface area contributed by atoms with Crippen LogP contribution >= 0.6 is 0 Å². The highest BCUT2D eigenvalue weighted by Gasteiger charge is 2.20. The van der Waals surface area contributed by atoms with Gasteiger partial charge in [0.2, 0.25) is 12.5 Å². The van der Waals surface area contributed by atoms with Gasteiger partial charge in [0.05, 0.1) is 21.3 Å². The van der Waals surface area contributed by atoms with Crippen LogP contribution in [-0.4, -0.2) is 28.1 Å². The first-order valence-corrected chi connectivity index (χ1v) is 7.63. The van der Waals surface area contributed by atoms with Gasteiger partial charge in [0, 0.05) is 5.39 Å². The highest BCUT2D eigenvalue weighted by Crippen LogP contribution is 2.47. The van der Waals surface area contributed by atoms with Crippen LogP contribution in [0.5, 0.6) is 28.7 Å². The van der Waals surface area contributed by atoms with Crippen molar-refractivity contribution in [2.24, 2.45) is 0 Å². The Morgan fingerprint density at radius 2 is 1.46 bits per heavy atom. The van der Waals surface area contributed by atoms with Gasteiger partial charge in [-0.25, -0.2) is 0 Å². The van der Waals surface area contributed by atoms with E-state index in [9.17, 15) is 0 Å². The normalized spacial score (nSPS) is 12.7. The summed E-state index contributed by atoms with van der Waals surface area (Å²) in [4.78, 5) is 0. The Kier molecular flexibility index (Phi) is 3.30. The van der Waals surface area contributed by atoms with Crippen molar-refractivity contribution in [1.29, 1.82) is 0 Å². The molecule has 0 amide bonds. The molecule has 1 heterocycles. The molecule has 3 aromatic carbocycles. The van der Waals surface area contributed by atoms with Crippen LogP contribution in [0, 0.1) is 6.92 Å². The van der Waals surface area contributed by atoms with Gasteiger partial charge in [-0.1, -0.05) is 0 Å². The van der Waals surface area contributed by atoms with Gasteiger partial charge in [-0.05, 0) is 52.9 Å². The molecule has 0 saturated heterocycles. The zero-order valence-corrected chi connectivity index (χ0v) is 14.1. The molecule has 0 radical (unpaired) electrons. The maximum absolute atomic E-state index is 5.63. The van der Waals surface area contributed by atoms with E-state index in [1.54, 1.807) is 21.3 Å². The van der Waals surface area contributed by atoms with Crippen molar-refractivity contribution in [3.8, 4) is 28.7 Å². The highest BCUT2D eigenvalue weighted by atomic mass is 16.7. The molecular weight excluding hydrogens is 308 g/mol. The average molecular weight is 326 g/mol. The molecule has 0 aromatic heterocycles. The predicted octanol–water partition coefficient (Wildman–Crippen LogP) is 4.06. The molecule has 5 heteroatoms. The minimum atomic E-state index is 0.259. The summed E-state index contributed by atoms with van der Waals surface area (Å²) in [6, 6.07) is 8.09. The number of hydrogen-bond donors (Lipinski definition) is 0. The van der Waals surface area contributed by atoms with E-state index in [0.29, 0.717) is 17.2 Å². The third kappa shape index (κ3) is 1.94. The van der Waals surface area contributed by atoms with Crippen LogP contribution in [0.1, 0.15) is 5.56 Å². The molecular formula is C19H18O5. The number of ether oxygens (including phenoxy) is 5. The zero-order valence-electron chi connectivity index (χ0n) is 14.1. The number of hydrogen-bond acceptors (Lipinski definition) is 5. The SMILES string of the molecule is COc1cc2c(C)c3cc4c(cc3cc2c(OC)c1OC)OCO4. The second-order valence-corrected chi connectivity index (χ2v) is 5.67. The van der Waals surface area contributed by atoms with Crippen molar-refractivity contribution in [3.63, 3.8) is 0 Å². The van der Waals surface area contributed by atoms with Gasteiger partial charge in [0.1, 0.15) is 0 Å². The highest BCUT2D eigenvalue weighted by molar-refractivity contribution is 6.07. The molecule has 124 valence electrons. The topological polar surface area (TPSA) is 46.2 Å². The Labute approximate surface area is 139 Å². The van der Waals surface area contributed by atoms with Crippen LogP contribution in [0.4, 0.5) is 0 Å². The van der Waals surface area contributed by atoms with Gasteiger partial charge in [-0.3, -0.25) is 0 Å². The smallest absolute Gasteiger partial charge is 0.231 e. The van der Waals surface area contributed by atoms with Gasteiger partial charge in [-0.2, -0.15) is 0 Å². The van der Waals surface area contributed by atoms with Gasteiger partial charge < -0.3 is 23.7 Å². The summed E-state index contributed by atoms with van der Waals surface area (Å²) in [6.45, 7) is 2.34. The lowest BCUT2D eigenvalue weighted by Crippen LogP contribution is -1.97.